The largest absolute Gasteiger partial charge is 0.495 e. The van der Waals surface area contributed by atoms with Gasteiger partial charge < -0.3 is 14.7 Å². The van der Waals surface area contributed by atoms with E-state index >= 15 is 0 Å². The number of carboxylic acids is 1. The van der Waals surface area contributed by atoms with Crippen LogP contribution in [0.25, 0.3) is 0 Å². The van der Waals surface area contributed by atoms with Crippen molar-refractivity contribution < 1.29 is 14.6 Å². The van der Waals surface area contributed by atoms with Crippen LogP contribution in [0.3, 0.4) is 0 Å². The second kappa shape index (κ2) is 7.27. The summed E-state index contributed by atoms with van der Waals surface area (Å²) >= 11 is 0. The van der Waals surface area contributed by atoms with Crippen molar-refractivity contribution in [1.82, 2.24) is 14.9 Å². The third-order valence-corrected chi connectivity index (χ3v) is 4.12. The minimum atomic E-state index is -1.01. The molecule has 0 unspecified atom stereocenters. The molecule has 1 aliphatic heterocycles. The molecule has 7 nitrogen and oxygen atoms in total. The highest BCUT2D eigenvalue weighted by atomic mass is 16.5. The van der Waals surface area contributed by atoms with Crippen LogP contribution in [0.2, 0.25) is 0 Å². The lowest BCUT2D eigenvalue weighted by Crippen LogP contribution is -2.46. The van der Waals surface area contributed by atoms with Gasteiger partial charge in [0.15, 0.2) is 0 Å². The Hall–Kier alpha value is -2.67. The first-order valence-corrected chi connectivity index (χ1v) is 7.82. The van der Waals surface area contributed by atoms with Gasteiger partial charge in [-0.1, -0.05) is 12.1 Å². The van der Waals surface area contributed by atoms with Crippen LogP contribution >= 0.6 is 0 Å². The van der Waals surface area contributed by atoms with Crippen LogP contribution < -0.4 is 9.64 Å². The number of benzene rings is 1. The Morgan fingerprint density at radius 1 is 1.17 bits per heavy atom. The summed E-state index contributed by atoms with van der Waals surface area (Å²) in [6, 6.07) is 8.03. The second-order valence-electron chi connectivity index (χ2n) is 5.63. The first kappa shape index (κ1) is 16.2. The minimum absolute atomic E-state index is 0.111. The Labute approximate surface area is 140 Å². The topological polar surface area (TPSA) is 78.8 Å². The molecule has 0 radical (unpaired) electrons. The number of anilines is 1. The number of carboxylic acid groups (broad SMARTS) is 1. The lowest BCUT2D eigenvalue weighted by molar-refractivity contribution is 0.0696. The van der Waals surface area contributed by atoms with E-state index in [-0.39, 0.29) is 5.56 Å². The van der Waals surface area contributed by atoms with Crippen molar-refractivity contribution >= 4 is 11.7 Å². The third kappa shape index (κ3) is 3.62. The first-order chi connectivity index (χ1) is 11.7. The SMILES string of the molecule is COc1ccccc1N1CCN(Cc2ncc(C(=O)O)cn2)CC1. The summed E-state index contributed by atoms with van der Waals surface area (Å²) in [6.07, 6.45) is 2.71. The maximum absolute atomic E-state index is 10.8. The minimum Gasteiger partial charge on any atom is -0.495 e. The van der Waals surface area contributed by atoms with Crippen molar-refractivity contribution in [3.05, 3.63) is 48.0 Å². The van der Waals surface area contributed by atoms with Crippen molar-refractivity contribution in [3.63, 3.8) is 0 Å². The molecular formula is C17H20N4O3. The molecule has 2 heterocycles. The zero-order chi connectivity index (χ0) is 16.9. The summed E-state index contributed by atoms with van der Waals surface area (Å²) in [5.74, 6) is 0.524. The van der Waals surface area contributed by atoms with Crippen LogP contribution in [-0.4, -0.2) is 59.2 Å². The number of aromatic nitrogens is 2. The number of hydrogen-bond donors (Lipinski definition) is 1. The molecule has 1 aromatic carbocycles. The van der Waals surface area contributed by atoms with Gasteiger partial charge in [0.2, 0.25) is 0 Å². The van der Waals surface area contributed by atoms with E-state index in [9.17, 15) is 4.79 Å². The lowest BCUT2D eigenvalue weighted by Gasteiger charge is -2.36. The number of rotatable bonds is 5. The quantitative estimate of drug-likeness (QED) is 0.891. The number of carbonyl (C=O) groups is 1. The molecule has 126 valence electrons. The van der Waals surface area contributed by atoms with Gasteiger partial charge in [0.25, 0.3) is 0 Å². The van der Waals surface area contributed by atoms with Gasteiger partial charge >= 0.3 is 5.97 Å². The molecule has 1 aromatic heterocycles. The van der Waals surface area contributed by atoms with Gasteiger partial charge in [-0.2, -0.15) is 0 Å². The Morgan fingerprint density at radius 2 is 1.83 bits per heavy atom. The van der Waals surface area contributed by atoms with Crippen molar-refractivity contribution in [2.45, 2.75) is 6.54 Å². The van der Waals surface area contributed by atoms with E-state index in [1.165, 1.54) is 12.4 Å². The molecule has 2 aromatic rings. The summed E-state index contributed by atoms with van der Waals surface area (Å²) in [7, 11) is 1.69. The van der Waals surface area contributed by atoms with Crippen molar-refractivity contribution in [3.8, 4) is 5.75 Å². The van der Waals surface area contributed by atoms with Crippen LogP contribution in [0.5, 0.6) is 5.75 Å². The van der Waals surface area contributed by atoms with Gasteiger partial charge in [-0.25, -0.2) is 14.8 Å². The predicted octanol–water partition coefficient (Wildman–Crippen LogP) is 1.51. The van der Waals surface area contributed by atoms with Gasteiger partial charge in [-0.15, -0.1) is 0 Å². The molecule has 0 atom stereocenters. The number of piperazine rings is 1. The van der Waals surface area contributed by atoms with Gasteiger partial charge in [0.05, 0.1) is 24.9 Å². The summed E-state index contributed by atoms with van der Waals surface area (Å²) in [4.78, 5) is 23.7. The normalized spacial score (nSPS) is 15.3. The molecular weight excluding hydrogens is 308 g/mol. The van der Waals surface area contributed by atoms with Crippen LogP contribution in [-0.2, 0) is 6.54 Å². The fourth-order valence-electron chi connectivity index (χ4n) is 2.78. The highest BCUT2D eigenvalue weighted by molar-refractivity contribution is 5.86. The van der Waals surface area contributed by atoms with Crippen LogP contribution in [0.15, 0.2) is 36.7 Å². The molecule has 0 spiro atoms. The molecule has 7 heteroatoms. The number of hydrogen-bond acceptors (Lipinski definition) is 6. The van der Waals surface area contributed by atoms with E-state index in [4.69, 9.17) is 9.84 Å². The average molecular weight is 328 g/mol. The number of para-hydroxylation sites is 2. The fourth-order valence-corrected chi connectivity index (χ4v) is 2.78. The van der Waals surface area contributed by atoms with Gasteiger partial charge in [0, 0.05) is 38.6 Å². The Balaban J connectivity index is 1.58. The van der Waals surface area contributed by atoms with Gasteiger partial charge in [-0.05, 0) is 12.1 Å². The maximum Gasteiger partial charge on any atom is 0.338 e. The summed E-state index contributed by atoms with van der Waals surface area (Å²) in [5.41, 5.74) is 1.22. The first-order valence-electron chi connectivity index (χ1n) is 7.82. The Bertz CT molecular complexity index is 697. The monoisotopic (exact) mass is 328 g/mol. The fraction of sp³-hybridized carbons (Fsp3) is 0.353. The highest BCUT2D eigenvalue weighted by Crippen LogP contribution is 2.28. The molecule has 0 bridgehead atoms. The zero-order valence-corrected chi connectivity index (χ0v) is 13.6. The smallest absolute Gasteiger partial charge is 0.338 e. The number of ether oxygens (including phenoxy) is 1. The third-order valence-electron chi connectivity index (χ3n) is 4.12. The van der Waals surface area contributed by atoms with E-state index in [0.717, 1.165) is 37.6 Å². The molecule has 24 heavy (non-hydrogen) atoms. The lowest BCUT2D eigenvalue weighted by atomic mass is 10.2. The number of methoxy groups -OCH3 is 1. The summed E-state index contributed by atoms with van der Waals surface area (Å²) in [6.45, 7) is 4.20. The van der Waals surface area contributed by atoms with Crippen molar-refractivity contribution in [1.29, 1.82) is 0 Å². The maximum atomic E-state index is 10.8. The highest BCUT2D eigenvalue weighted by Gasteiger charge is 2.20. The second-order valence-corrected chi connectivity index (χ2v) is 5.63. The molecule has 0 amide bonds. The van der Waals surface area contributed by atoms with E-state index in [1.54, 1.807) is 7.11 Å². The summed E-state index contributed by atoms with van der Waals surface area (Å²) in [5, 5.41) is 8.87. The average Bonchev–Trinajstić information content (AvgIpc) is 2.63. The molecule has 0 aliphatic carbocycles. The molecule has 1 fully saturated rings. The van der Waals surface area contributed by atoms with Gasteiger partial charge in [0.1, 0.15) is 11.6 Å². The van der Waals surface area contributed by atoms with Crippen molar-refractivity contribution in [2.24, 2.45) is 0 Å². The van der Waals surface area contributed by atoms with Gasteiger partial charge in [-0.3, -0.25) is 4.90 Å². The van der Waals surface area contributed by atoms with E-state index in [0.29, 0.717) is 12.4 Å². The van der Waals surface area contributed by atoms with Crippen LogP contribution in [0, 0.1) is 0 Å². The predicted molar refractivity (Wildman–Crippen MR) is 89.5 cm³/mol. The zero-order valence-electron chi connectivity index (χ0n) is 13.6. The molecule has 1 N–H and O–H groups in total. The Kier molecular flexibility index (Phi) is 4.90. The van der Waals surface area contributed by atoms with E-state index < -0.39 is 5.97 Å². The van der Waals surface area contributed by atoms with Crippen LogP contribution in [0.1, 0.15) is 16.2 Å². The standard InChI is InChI=1S/C17H20N4O3/c1-24-15-5-3-2-4-14(15)21-8-6-20(7-9-21)12-16-18-10-13(11-19-16)17(22)23/h2-5,10-11H,6-9,12H2,1H3,(H,22,23). The van der Waals surface area contributed by atoms with E-state index in [1.807, 2.05) is 18.2 Å². The number of aromatic carboxylic acids is 1. The molecule has 3 rings (SSSR count). The van der Waals surface area contributed by atoms with Crippen molar-refractivity contribution in [2.75, 3.05) is 38.2 Å². The van der Waals surface area contributed by atoms with Crippen LogP contribution in [0.4, 0.5) is 5.69 Å². The number of nitrogens with zero attached hydrogens (tertiary/aromatic N) is 4. The summed E-state index contributed by atoms with van der Waals surface area (Å²) < 4.78 is 5.43. The Morgan fingerprint density at radius 3 is 2.46 bits per heavy atom. The molecule has 1 saturated heterocycles. The van der Waals surface area contributed by atoms with E-state index in [2.05, 4.69) is 25.8 Å². The molecule has 0 saturated carbocycles. The molecule has 1 aliphatic rings.